The topological polar surface area (TPSA) is 59.7 Å². The van der Waals surface area contributed by atoms with Crippen LogP contribution in [0.4, 0.5) is 0 Å². The van der Waals surface area contributed by atoms with Gasteiger partial charge < -0.3 is 14.7 Å². The van der Waals surface area contributed by atoms with E-state index < -0.39 is 0 Å². The maximum absolute atomic E-state index is 9.14. The Kier molecular flexibility index (Phi) is 9.00. The highest BCUT2D eigenvalue weighted by Gasteiger charge is 2.09. The molecule has 5 heteroatoms. The van der Waals surface area contributed by atoms with Gasteiger partial charge in [-0.3, -0.25) is 4.90 Å². The SMILES string of the molecule is CC(O)CCN(C)CCOCC(C#N)N(C)C. The molecule has 100 valence electrons. The normalized spacial score (nSPS) is 14.9. The van der Waals surface area contributed by atoms with Gasteiger partial charge >= 0.3 is 0 Å². The quantitative estimate of drug-likeness (QED) is 0.585. The lowest BCUT2D eigenvalue weighted by atomic mass is 10.3. The summed E-state index contributed by atoms with van der Waals surface area (Å²) >= 11 is 0. The molecule has 0 rings (SSSR count). The molecule has 0 bridgehead atoms. The van der Waals surface area contributed by atoms with Gasteiger partial charge in [0.05, 0.1) is 25.4 Å². The van der Waals surface area contributed by atoms with Crippen molar-refractivity contribution in [1.82, 2.24) is 9.80 Å². The van der Waals surface area contributed by atoms with Crippen LogP contribution in [0.15, 0.2) is 0 Å². The molecule has 17 heavy (non-hydrogen) atoms. The zero-order valence-corrected chi connectivity index (χ0v) is 11.4. The molecule has 0 saturated heterocycles. The molecule has 0 amide bonds. The van der Waals surface area contributed by atoms with E-state index in [1.807, 2.05) is 26.0 Å². The summed E-state index contributed by atoms with van der Waals surface area (Å²) in [5, 5.41) is 18.0. The molecule has 0 spiro atoms. The largest absolute Gasteiger partial charge is 0.393 e. The minimum Gasteiger partial charge on any atom is -0.393 e. The van der Waals surface area contributed by atoms with Crippen molar-refractivity contribution in [2.45, 2.75) is 25.5 Å². The lowest BCUT2D eigenvalue weighted by Gasteiger charge is -2.20. The Hall–Kier alpha value is -0.670. The fourth-order valence-corrected chi connectivity index (χ4v) is 1.24. The number of aliphatic hydroxyl groups excluding tert-OH is 1. The molecule has 0 saturated carbocycles. The third-order valence-electron chi connectivity index (χ3n) is 2.59. The van der Waals surface area contributed by atoms with Crippen molar-refractivity contribution in [2.24, 2.45) is 0 Å². The molecule has 0 heterocycles. The van der Waals surface area contributed by atoms with E-state index in [9.17, 15) is 0 Å². The summed E-state index contributed by atoms with van der Waals surface area (Å²) in [7, 11) is 5.73. The molecule has 0 aliphatic heterocycles. The molecule has 2 unspecified atom stereocenters. The Labute approximate surface area is 105 Å². The monoisotopic (exact) mass is 243 g/mol. The first-order valence-corrected chi connectivity index (χ1v) is 5.97. The number of aliphatic hydroxyl groups is 1. The number of hydrogen-bond donors (Lipinski definition) is 1. The summed E-state index contributed by atoms with van der Waals surface area (Å²) < 4.78 is 5.46. The van der Waals surface area contributed by atoms with Crippen molar-refractivity contribution in [3.63, 3.8) is 0 Å². The maximum atomic E-state index is 9.14. The van der Waals surface area contributed by atoms with Crippen molar-refractivity contribution < 1.29 is 9.84 Å². The van der Waals surface area contributed by atoms with E-state index in [0.717, 1.165) is 19.5 Å². The molecule has 0 aromatic carbocycles. The molecule has 2 atom stereocenters. The lowest BCUT2D eigenvalue weighted by molar-refractivity contribution is 0.0786. The first-order valence-electron chi connectivity index (χ1n) is 5.97. The van der Waals surface area contributed by atoms with E-state index in [1.54, 1.807) is 6.92 Å². The average Bonchev–Trinajstić information content (AvgIpc) is 2.25. The van der Waals surface area contributed by atoms with E-state index in [-0.39, 0.29) is 12.1 Å². The van der Waals surface area contributed by atoms with Crippen LogP contribution in [0.5, 0.6) is 0 Å². The van der Waals surface area contributed by atoms with Gasteiger partial charge in [-0.25, -0.2) is 0 Å². The van der Waals surface area contributed by atoms with E-state index >= 15 is 0 Å². The highest BCUT2D eigenvalue weighted by atomic mass is 16.5. The molecule has 1 N–H and O–H groups in total. The fraction of sp³-hybridized carbons (Fsp3) is 0.917. The Balaban J connectivity index is 3.54. The third-order valence-corrected chi connectivity index (χ3v) is 2.59. The Bertz CT molecular complexity index is 226. The van der Waals surface area contributed by atoms with Gasteiger partial charge in [0.25, 0.3) is 0 Å². The third kappa shape index (κ3) is 9.07. The predicted octanol–water partition coefficient (Wildman–Crippen LogP) is 0.159. The van der Waals surface area contributed by atoms with E-state index in [4.69, 9.17) is 15.1 Å². The number of ether oxygens (including phenoxy) is 1. The minimum absolute atomic E-state index is 0.183. The number of rotatable bonds is 9. The highest BCUT2D eigenvalue weighted by Crippen LogP contribution is 1.95. The summed E-state index contributed by atoms with van der Waals surface area (Å²) in [6.45, 7) is 4.52. The molecule has 0 aliphatic carbocycles. The Morgan fingerprint density at radius 1 is 1.29 bits per heavy atom. The van der Waals surface area contributed by atoms with Crippen LogP contribution in [-0.4, -0.2) is 74.5 Å². The van der Waals surface area contributed by atoms with Crippen molar-refractivity contribution in [1.29, 1.82) is 5.26 Å². The second-order valence-corrected chi connectivity index (χ2v) is 4.62. The van der Waals surface area contributed by atoms with Crippen molar-refractivity contribution in [2.75, 3.05) is 47.4 Å². The van der Waals surface area contributed by atoms with Crippen molar-refractivity contribution in [3.05, 3.63) is 0 Å². The number of likely N-dealkylation sites (N-methyl/N-ethyl adjacent to an activating group) is 2. The summed E-state index contributed by atoms with van der Waals surface area (Å²) in [5.74, 6) is 0. The van der Waals surface area contributed by atoms with Gasteiger partial charge in [0.15, 0.2) is 0 Å². The molecule has 0 aliphatic rings. The van der Waals surface area contributed by atoms with Crippen LogP contribution in [0.3, 0.4) is 0 Å². The zero-order chi connectivity index (χ0) is 13.3. The average molecular weight is 243 g/mol. The highest BCUT2D eigenvalue weighted by molar-refractivity contribution is 4.89. The predicted molar refractivity (Wildman–Crippen MR) is 67.7 cm³/mol. The molecule has 5 nitrogen and oxygen atoms in total. The Morgan fingerprint density at radius 2 is 1.94 bits per heavy atom. The van der Waals surface area contributed by atoms with Gasteiger partial charge in [-0.1, -0.05) is 0 Å². The molecule has 0 aromatic rings. The van der Waals surface area contributed by atoms with Crippen LogP contribution in [0.1, 0.15) is 13.3 Å². The smallest absolute Gasteiger partial charge is 0.121 e. The van der Waals surface area contributed by atoms with Gasteiger partial charge in [0, 0.05) is 13.1 Å². The first-order chi connectivity index (χ1) is 7.97. The van der Waals surface area contributed by atoms with Gasteiger partial charge in [0.1, 0.15) is 6.04 Å². The molecular formula is C12H25N3O2. The van der Waals surface area contributed by atoms with Gasteiger partial charge in [0.2, 0.25) is 0 Å². The number of hydrogen-bond acceptors (Lipinski definition) is 5. The van der Waals surface area contributed by atoms with Crippen molar-refractivity contribution in [3.8, 4) is 6.07 Å². The van der Waals surface area contributed by atoms with E-state index in [0.29, 0.717) is 13.2 Å². The first kappa shape index (κ1) is 16.3. The summed E-state index contributed by atoms with van der Waals surface area (Å²) in [6.07, 6.45) is 0.518. The Morgan fingerprint density at radius 3 is 2.41 bits per heavy atom. The number of nitrogens with zero attached hydrogens (tertiary/aromatic N) is 3. The molecule has 0 radical (unpaired) electrons. The lowest BCUT2D eigenvalue weighted by Crippen LogP contribution is -2.32. The number of nitriles is 1. The van der Waals surface area contributed by atoms with E-state index in [1.165, 1.54) is 0 Å². The van der Waals surface area contributed by atoms with Gasteiger partial charge in [-0.05, 0) is 34.5 Å². The summed E-state index contributed by atoms with van der Waals surface area (Å²) in [6, 6.07) is 2.00. The molecule has 0 aromatic heterocycles. The van der Waals surface area contributed by atoms with Crippen LogP contribution in [-0.2, 0) is 4.74 Å². The van der Waals surface area contributed by atoms with Crippen LogP contribution >= 0.6 is 0 Å². The molecular weight excluding hydrogens is 218 g/mol. The van der Waals surface area contributed by atoms with Crippen LogP contribution in [0.2, 0.25) is 0 Å². The summed E-state index contributed by atoms with van der Waals surface area (Å²) in [4.78, 5) is 3.96. The van der Waals surface area contributed by atoms with E-state index in [2.05, 4.69) is 11.0 Å². The van der Waals surface area contributed by atoms with Gasteiger partial charge in [-0.15, -0.1) is 0 Å². The second-order valence-electron chi connectivity index (χ2n) is 4.62. The zero-order valence-electron chi connectivity index (χ0n) is 11.4. The van der Waals surface area contributed by atoms with Crippen LogP contribution < -0.4 is 0 Å². The van der Waals surface area contributed by atoms with Gasteiger partial charge in [-0.2, -0.15) is 5.26 Å². The maximum Gasteiger partial charge on any atom is 0.121 e. The van der Waals surface area contributed by atoms with Crippen molar-refractivity contribution >= 4 is 0 Å². The van der Waals surface area contributed by atoms with Crippen LogP contribution in [0.25, 0.3) is 0 Å². The second kappa shape index (κ2) is 9.37. The minimum atomic E-state index is -0.255. The van der Waals surface area contributed by atoms with Crippen LogP contribution in [0, 0.1) is 11.3 Å². The fourth-order valence-electron chi connectivity index (χ4n) is 1.24. The molecule has 0 fully saturated rings. The standard InChI is InChI=1S/C12H25N3O2/c1-11(16)5-6-15(4)7-8-17-10-12(9-13)14(2)3/h11-12,16H,5-8,10H2,1-4H3. The summed E-state index contributed by atoms with van der Waals surface area (Å²) in [5.41, 5.74) is 0.